The van der Waals surface area contributed by atoms with E-state index in [4.69, 9.17) is 20.9 Å². The standard InChI is InChI=1S/C8H11F4N3O2P4S/c9-19(10)13-20(11,12)15-21(14-19)16-6-18(22,7-17-21)5-8-3-1-2-4-8/h1-3H,4-7H2. The zero-order valence-corrected chi connectivity index (χ0v) is 15.3. The normalized spacial score (nSPS) is 38.8. The Hall–Kier alpha value is 0.460. The molecule has 0 aromatic heterocycles. The van der Waals surface area contributed by atoms with E-state index < -0.39 is 29.3 Å². The van der Waals surface area contributed by atoms with E-state index in [-0.39, 0.29) is 12.7 Å². The fourth-order valence-corrected chi connectivity index (χ4v) is 13.0. The van der Waals surface area contributed by atoms with Crippen LogP contribution < -0.4 is 0 Å². The van der Waals surface area contributed by atoms with Crippen molar-refractivity contribution in [2.45, 2.75) is 6.42 Å². The summed E-state index contributed by atoms with van der Waals surface area (Å²) in [4.78, 5) is 0. The number of hydrogen-bond acceptors (Lipinski definition) is 6. The molecule has 1 spiro atoms. The first kappa shape index (κ1) is 17.3. The van der Waals surface area contributed by atoms with Gasteiger partial charge in [0.25, 0.3) is 0 Å². The molecule has 0 bridgehead atoms. The highest BCUT2D eigenvalue weighted by Crippen LogP contribution is 2.83. The van der Waals surface area contributed by atoms with Crippen LogP contribution in [0.4, 0.5) is 16.8 Å². The quantitative estimate of drug-likeness (QED) is 0.360. The summed E-state index contributed by atoms with van der Waals surface area (Å²) in [5, 5.41) is 0. The topological polar surface area (TPSA) is 55.5 Å². The van der Waals surface area contributed by atoms with Gasteiger partial charge >= 0.3 is 23.3 Å². The lowest BCUT2D eigenvalue weighted by Crippen LogP contribution is -2.12. The van der Waals surface area contributed by atoms with Gasteiger partial charge in [0.15, 0.2) is 0 Å². The molecule has 0 N–H and O–H groups in total. The Balaban J connectivity index is 1.82. The molecule has 0 unspecified atom stereocenters. The maximum absolute atomic E-state index is 13.3. The van der Waals surface area contributed by atoms with Crippen molar-refractivity contribution in [2.75, 3.05) is 18.9 Å². The minimum atomic E-state index is -5.45. The predicted molar refractivity (Wildman–Crippen MR) is 85.4 cm³/mol. The smallest absolute Gasteiger partial charge is 0.301 e. The Morgan fingerprint density at radius 1 is 1.05 bits per heavy atom. The molecule has 3 rings (SSSR count). The van der Waals surface area contributed by atoms with Crippen molar-refractivity contribution in [3.63, 3.8) is 0 Å². The van der Waals surface area contributed by atoms with Crippen molar-refractivity contribution in [3.05, 3.63) is 23.8 Å². The van der Waals surface area contributed by atoms with Gasteiger partial charge in [-0.15, -0.1) is 30.3 Å². The lowest BCUT2D eigenvalue weighted by Gasteiger charge is -2.33. The van der Waals surface area contributed by atoms with Crippen molar-refractivity contribution in [1.82, 2.24) is 0 Å². The molecule has 1 aliphatic carbocycles. The van der Waals surface area contributed by atoms with Crippen LogP contribution >= 0.6 is 29.3 Å². The van der Waals surface area contributed by atoms with Crippen molar-refractivity contribution < 1.29 is 25.8 Å². The summed E-state index contributed by atoms with van der Waals surface area (Å²) in [6, 6.07) is -2.15. The van der Waals surface area contributed by atoms with Crippen molar-refractivity contribution in [2.24, 2.45) is 13.5 Å². The van der Waals surface area contributed by atoms with E-state index in [0.29, 0.717) is 6.16 Å². The van der Waals surface area contributed by atoms with Gasteiger partial charge in [0.2, 0.25) is 0 Å². The molecule has 0 aromatic rings. The van der Waals surface area contributed by atoms with Crippen LogP contribution in [-0.2, 0) is 20.9 Å². The van der Waals surface area contributed by atoms with E-state index >= 15 is 0 Å². The van der Waals surface area contributed by atoms with E-state index in [1.54, 1.807) is 0 Å². The molecule has 0 atom stereocenters. The largest absolute Gasteiger partial charge is 0.425 e. The van der Waals surface area contributed by atoms with Crippen molar-refractivity contribution in [3.8, 4) is 0 Å². The molecule has 3 aliphatic rings. The average molecular weight is 413 g/mol. The van der Waals surface area contributed by atoms with Gasteiger partial charge in [-0.3, -0.25) is 0 Å². The molecule has 1 fully saturated rings. The molecule has 14 heteroatoms. The lowest BCUT2D eigenvalue weighted by atomic mass is 10.3. The number of allylic oxidation sites excluding steroid dienone is 4. The van der Waals surface area contributed by atoms with Gasteiger partial charge in [0.05, 0.1) is 12.7 Å². The van der Waals surface area contributed by atoms with Crippen molar-refractivity contribution >= 4 is 41.2 Å². The molecular weight excluding hydrogens is 402 g/mol. The molecule has 0 saturated carbocycles. The molecule has 2 aliphatic heterocycles. The zero-order valence-electron chi connectivity index (χ0n) is 10.9. The van der Waals surface area contributed by atoms with E-state index in [2.05, 4.69) is 13.5 Å². The summed E-state index contributed by atoms with van der Waals surface area (Å²) < 4.78 is 72.0. The Labute approximate surface area is 130 Å². The van der Waals surface area contributed by atoms with Crippen LogP contribution in [0, 0.1) is 0 Å². The van der Waals surface area contributed by atoms with Gasteiger partial charge in [-0.05, 0) is 6.42 Å². The summed E-state index contributed by atoms with van der Waals surface area (Å²) in [6.07, 6.45) is 7.01. The predicted octanol–water partition coefficient (Wildman–Crippen LogP) is 7.04. The Morgan fingerprint density at radius 2 is 1.68 bits per heavy atom. The van der Waals surface area contributed by atoms with Gasteiger partial charge < -0.3 is 9.05 Å². The first-order valence-corrected chi connectivity index (χ1v) is 13.9. The third-order valence-corrected chi connectivity index (χ3v) is 12.7. The molecule has 0 amide bonds. The second-order valence-corrected chi connectivity index (χ2v) is 15.6. The summed E-state index contributed by atoms with van der Waals surface area (Å²) >= 11 is 5.50. The summed E-state index contributed by atoms with van der Waals surface area (Å²) in [7, 11) is -14.9. The zero-order chi connectivity index (χ0) is 16.1. The van der Waals surface area contributed by atoms with Crippen LogP contribution in [0.5, 0.6) is 0 Å². The molecule has 22 heavy (non-hydrogen) atoms. The summed E-state index contributed by atoms with van der Waals surface area (Å²) in [5.41, 5.74) is 1.10. The number of hydrogen-bond donors (Lipinski definition) is 0. The molecule has 0 radical (unpaired) electrons. The fraction of sp³-hybridized carbons (Fsp3) is 0.500. The van der Waals surface area contributed by atoms with Crippen LogP contribution in [0.15, 0.2) is 37.3 Å². The van der Waals surface area contributed by atoms with E-state index in [1.807, 2.05) is 18.2 Å². The van der Waals surface area contributed by atoms with Gasteiger partial charge in [0, 0.05) is 12.2 Å². The highest BCUT2D eigenvalue weighted by Gasteiger charge is 2.44. The highest BCUT2D eigenvalue weighted by molar-refractivity contribution is 8.14. The molecule has 5 nitrogen and oxygen atoms in total. The molecule has 2 heterocycles. The minimum Gasteiger partial charge on any atom is -0.301 e. The first-order valence-electron chi connectivity index (χ1n) is 6.02. The van der Waals surface area contributed by atoms with Crippen LogP contribution in [0.3, 0.4) is 0 Å². The van der Waals surface area contributed by atoms with Gasteiger partial charge in [-0.1, -0.05) is 35.6 Å². The van der Waals surface area contributed by atoms with Gasteiger partial charge in [-0.2, -0.15) is 0 Å². The lowest BCUT2D eigenvalue weighted by molar-refractivity contribution is 0.280. The average Bonchev–Trinajstić information content (AvgIpc) is 2.82. The van der Waals surface area contributed by atoms with Crippen LogP contribution in [0.25, 0.3) is 0 Å². The summed E-state index contributed by atoms with van der Waals surface area (Å²) in [6.45, 7) is 0. The molecule has 124 valence electrons. The number of halogens is 4. The van der Waals surface area contributed by atoms with E-state index in [0.717, 1.165) is 12.0 Å². The molecule has 0 aromatic carbocycles. The molecular formula is C8H11F4N3O2P4S. The maximum atomic E-state index is 13.3. The highest BCUT2D eigenvalue weighted by atomic mass is 32.4. The fourth-order valence-electron chi connectivity index (χ4n) is 2.06. The van der Waals surface area contributed by atoms with Crippen LogP contribution in [-0.4, -0.2) is 18.9 Å². The second-order valence-electron chi connectivity index (χ2n) is 4.86. The Morgan fingerprint density at radius 3 is 2.23 bits per heavy atom. The van der Waals surface area contributed by atoms with E-state index in [1.165, 1.54) is 0 Å². The SMILES string of the molecule is FP1(F)=NP(F)(F)=NP2(=N1)OCP(=S)(CC1=CC=CC1)CO2. The van der Waals surface area contributed by atoms with E-state index in [9.17, 15) is 16.8 Å². The number of nitrogens with zero attached hydrogens (tertiary/aromatic N) is 3. The monoisotopic (exact) mass is 413 g/mol. The van der Waals surface area contributed by atoms with Crippen LogP contribution in [0.1, 0.15) is 6.42 Å². The summed E-state index contributed by atoms with van der Waals surface area (Å²) in [5.74, 6) is 0. The Kier molecular flexibility index (Phi) is 4.53. The van der Waals surface area contributed by atoms with Gasteiger partial charge in [0.1, 0.15) is 0 Å². The second kappa shape index (κ2) is 5.77. The van der Waals surface area contributed by atoms with Gasteiger partial charge in [-0.25, -0.2) is 0 Å². The maximum Gasteiger partial charge on any atom is 0.425 e. The van der Waals surface area contributed by atoms with Crippen LogP contribution in [0.2, 0.25) is 0 Å². The van der Waals surface area contributed by atoms with Crippen molar-refractivity contribution in [1.29, 1.82) is 0 Å². The minimum absolute atomic E-state index is 0.0690. The molecule has 1 saturated heterocycles. The third kappa shape index (κ3) is 3.92. The first-order chi connectivity index (χ1) is 10.1. The number of rotatable bonds is 2. The Bertz CT molecular complexity index is 759. The third-order valence-electron chi connectivity index (χ3n) is 2.92.